The van der Waals surface area contributed by atoms with Gasteiger partial charge in [-0.1, -0.05) is 12.1 Å². The van der Waals surface area contributed by atoms with Crippen molar-refractivity contribution in [2.45, 2.75) is 12.6 Å². The number of halogens is 3. The van der Waals surface area contributed by atoms with Crippen molar-refractivity contribution in [2.75, 3.05) is 20.2 Å². The van der Waals surface area contributed by atoms with Crippen LogP contribution < -0.4 is 4.74 Å². The van der Waals surface area contributed by atoms with E-state index in [4.69, 9.17) is 4.74 Å². The van der Waals surface area contributed by atoms with Gasteiger partial charge in [-0.05, 0) is 30.3 Å². The molecule has 0 aliphatic rings. The Morgan fingerprint density at radius 3 is 2.67 bits per heavy atom. The summed E-state index contributed by atoms with van der Waals surface area (Å²) in [6.45, 7) is 0.127. The van der Waals surface area contributed by atoms with Crippen LogP contribution in [0.4, 0.5) is 13.2 Å². The fourth-order valence-corrected chi connectivity index (χ4v) is 1.97. The van der Waals surface area contributed by atoms with Crippen molar-refractivity contribution in [3.05, 3.63) is 59.9 Å². The first kappa shape index (κ1) is 17.8. The molecule has 0 spiro atoms. The van der Waals surface area contributed by atoms with Crippen LogP contribution in [0.2, 0.25) is 0 Å². The number of hydrogen-bond donors (Lipinski definition) is 0. The summed E-state index contributed by atoms with van der Waals surface area (Å²) in [5.41, 5.74) is 0.0481. The maximum Gasteiger partial charge on any atom is 0.416 e. The predicted octanol–water partition coefficient (Wildman–Crippen LogP) is 3.18. The Morgan fingerprint density at radius 2 is 2.00 bits per heavy atom. The summed E-state index contributed by atoms with van der Waals surface area (Å²) >= 11 is 0. The van der Waals surface area contributed by atoms with Gasteiger partial charge in [0.05, 0.1) is 5.56 Å². The minimum Gasteiger partial charge on any atom is -0.484 e. The van der Waals surface area contributed by atoms with Gasteiger partial charge >= 0.3 is 6.18 Å². The number of ether oxygens (including phenoxy) is 1. The van der Waals surface area contributed by atoms with E-state index in [0.29, 0.717) is 13.0 Å². The second kappa shape index (κ2) is 7.81. The third-order valence-electron chi connectivity index (χ3n) is 3.38. The van der Waals surface area contributed by atoms with Crippen LogP contribution in [0.3, 0.4) is 0 Å². The third kappa shape index (κ3) is 5.26. The summed E-state index contributed by atoms with van der Waals surface area (Å²) in [6.07, 6.45) is -2.18. The van der Waals surface area contributed by atoms with Crippen LogP contribution in [0.5, 0.6) is 5.75 Å². The Balaban J connectivity index is 1.84. The van der Waals surface area contributed by atoms with Crippen LogP contribution in [0, 0.1) is 0 Å². The van der Waals surface area contributed by atoms with Crippen molar-refractivity contribution in [1.82, 2.24) is 9.88 Å². The van der Waals surface area contributed by atoms with Crippen molar-refractivity contribution in [3.8, 4) is 5.75 Å². The number of rotatable bonds is 6. The molecule has 2 rings (SSSR count). The van der Waals surface area contributed by atoms with Crippen molar-refractivity contribution < 1.29 is 22.7 Å². The molecule has 0 unspecified atom stereocenters. The predicted molar refractivity (Wildman–Crippen MR) is 82.5 cm³/mol. The normalized spacial score (nSPS) is 11.2. The van der Waals surface area contributed by atoms with Gasteiger partial charge in [0, 0.05) is 31.9 Å². The Morgan fingerprint density at radius 1 is 1.21 bits per heavy atom. The molecule has 1 aromatic carbocycles. The lowest BCUT2D eigenvalue weighted by Crippen LogP contribution is -2.33. The first-order valence-electron chi connectivity index (χ1n) is 7.30. The van der Waals surface area contributed by atoms with E-state index >= 15 is 0 Å². The summed E-state index contributed by atoms with van der Waals surface area (Å²) in [6, 6.07) is 9.98. The lowest BCUT2D eigenvalue weighted by atomic mass is 10.2. The second-order valence-corrected chi connectivity index (χ2v) is 5.20. The first-order valence-corrected chi connectivity index (χ1v) is 7.30. The van der Waals surface area contributed by atoms with Crippen LogP contribution in [0.25, 0.3) is 0 Å². The van der Waals surface area contributed by atoms with Gasteiger partial charge in [0.25, 0.3) is 5.91 Å². The molecule has 0 atom stereocenters. The van der Waals surface area contributed by atoms with E-state index in [2.05, 4.69) is 4.98 Å². The standard InChI is InChI=1S/C17H17F3N2O2/c1-22(10-8-14-6-2-3-9-21-14)16(23)12-24-15-7-4-5-13(11-15)17(18,19)20/h2-7,9,11H,8,10,12H2,1H3. The number of nitrogens with zero attached hydrogens (tertiary/aromatic N) is 2. The van der Waals surface area contributed by atoms with E-state index in [0.717, 1.165) is 17.8 Å². The molecule has 1 aromatic heterocycles. The van der Waals surface area contributed by atoms with Gasteiger partial charge in [-0.2, -0.15) is 13.2 Å². The van der Waals surface area contributed by atoms with E-state index in [1.165, 1.54) is 17.0 Å². The Labute approximate surface area is 137 Å². The monoisotopic (exact) mass is 338 g/mol. The maximum absolute atomic E-state index is 12.6. The van der Waals surface area contributed by atoms with Crippen molar-refractivity contribution in [3.63, 3.8) is 0 Å². The topological polar surface area (TPSA) is 42.4 Å². The Bertz CT molecular complexity index is 675. The highest BCUT2D eigenvalue weighted by atomic mass is 19.4. The van der Waals surface area contributed by atoms with Gasteiger partial charge < -0.3 is 9.64 Å². The van der Waals surface area contributed by atoms with Crippen molar-refractivity contribution in [1.29, 1.82) is 0 Å². The highest BCUT2D eigenvalue weighted by Crippen LogP contribution is 2.31. The van der Waals surface area contributed by atoms with Gasteiger partial charge in [0.15, 0.2) is 6.61 Å². The van der Waals surface area contributed by atoms with Gasteiger partial charge in [0.1, 0.15) is 5.75 Å². The highest BCUT2D eigenvalue weighted by molar-refractivity contribution is 5.77. The molecule has 4 nitrogen and oxygen atoms in total. The quantitative estimate of drug-likeness (QED) is 0.812. The second-order valence-electron chi connectivity index (χ2n) is 5.20. The molecule has 7 heteroatoms. The maximum atomic E-state index is 12.6. The van der Waals surface area contributed by atoms with E-state index in [-0.39, 0.29) is 18.3 Å². The summed E-state index contributed by atoms with van der Waals surface area (Å²) in [7, 11) is 1.61. The molecule has 0 saturated heterocycles. The molecule has 0 fully saturated rings. The minimum absolute atomic E-state index is 0.0105. The average molecular weight is 338 g/mol. The molecule has 128 valence electrons. The molecule has 0 bridgehead atoms. The highest BCUT2D eigenvalue weighted by Gasteiger charge is 2.30. The number of pyridine rings is 1. The number of amides is 1. The molecule has 2 aromatic rings. The number of aromatic nitrogens is 1. The molecule has 0 radical (unpaired) electrons. The van der Waals surface area contributed by atoms with E-state index in [1.807, 2.05) is 12.1 Å². The van der Waals surface area contributed by atoms with Crippen molar-refractivity contribution in [2.24, 2.45) is 0 Å². The van der Waals surface area contributed by atoms with Crippen molar-refractivity contribution >= 4 is 5.91 Å². The largest absolute Gasteiger partial charge is 0.484 e. The number of alkyl halides is 3. The summed E-state index contributed by atoms with van der Waals surface area (Å²) in [5, 5.41) is 0. The molecule has 1 amide bonds. The molecule has 0 saturated carbocycles. The van der Waals surface area contributed by atoms with Crippen LogP contribution in [-0.4, -0.2) is 36.0 Å². The SMILES string of the molecule is CN(CCc1ccccn1)C(=O)COc1cccc(C(F)(F)F)c1. The average Bonchev–Trinajstić information content (AvgIpc) is 2.58. The zero-order valence-corrected chi connectivity index (χ0v) is 13.1. The van der Waals surface area contributed by atoms with E-state index in [1.54, 1.807) is 19.3 Å². The first-order chi connectivity index (χ1) is 11.4. The molecular formula is C17H17F3N2O2. The lowest BCUT2D eigenvalue weighted by molar-refractivity contribution is -0.137. The molecule has 0 N–H and O–H groups in total. The van der Waals surface area contributed by atoms with Gasteiger partial charge in [-0.25, -0.2) is 0 Å². The third-order valence-corrected chi connectivity index (χ3v) is 3.38. The number of benzene rings is 1. The number of carbonyl (C=O) groups excluding carboxylic acids is 1. The fraction of sp³-hybridized carbons (Fsp3) is 0.294. The molecule has 24 heavy (non-hydrogen) atoms. The molecular weight excluding hydrogens is 321 g/mol. The van der Waals surface area contributed by atoms with Crippen LogP contribution >= 0.6 is 0 Å². The molecule has 1 heterocycles. The molecule has 0 aliphatic carbocycles. The van der Waals surface area contributed by atoms with Gasteiger partial charge in [-0.15, -0.1) is 0 Å². The molecule has 0 aliphatic heterocycles. The number of likely N-dealkylation sites (N-methyl/N-ethyl adjacent to an activating group) is 1. The summed E-state index contributed by atoms with van der Waals surface area (Å²) in [4.78, 5) is 17.6. The zero-order valence-electron chi connectivity index (χ0n) is 13.1. The summed E-state index contributed by atoms with van der Waals surface area (Å²) < 4.78 is 43.0. The summed E-state index contributed by atoms with van der Waals surface area (Å²) in [5.74, 6) is -0.306. The van der Waals surface area contributed by atoms with Gasteiger partial charge in [-0.3, -0.25) is 9.78 Å². The number of carbonyl (C=O) groups is 1. The van der Waals surface area contributed by atoms with Crippen LogP contribution in [-0.2, 0) is 17.4 Å². The van der Waals surface area contributed by atoms with Gasteiger partial charge in [0.2, 0.25) is 0 Å². The minimum atomic E-state index is -4.44. The van der Waals surface area contributed by atoms with Crippen LogP contribution in [0.15, 0.2) is 48.7 Å². The number of hydrogen-bond acceptors (Lipinski definition) is 3. The van der Waals surface area contributed by atoms with Crippen LogP contribution in [0.1, 0.15) is 11.3 Å². The lowest BCUT2D eigenvalue weighted by Gasteiger charge is -2.17. The Hall–Kier alpha value is -2.57. The fourth-order valence-electron chi connectivity index (χ4n) is 1.97. The van der Waals surface area contributed by atoms with E-state index < -0.39 is 11.7 Å². The van der Waals surface area contributed by atoms with E-state index in [9.17, 15) is 18.0 Å². The smallest absolute Gasteiger partial charge is 0.416 e. The zero-order chi connectivity index (χ0) is 17.6. The Kier molecular flexibility index (Phi) is 5.78.